The van der Waals surface area contributed by atoms with Gasteiger partial charge in [-0.05, 0) is 74.7 Å². The summed E-state index contributed by atoms with van der Waals surface area (Å²) in [5.74, 6) is -0.432. The number of sulfonamides is 2. The van der Waals surface area contributed by atoms with Gasteiger partial charge in [-0.1, -0.05) is 71.3 Å². The van der Waals surface area contributed by atoms with Gasteiger partial charge in [-0.2, -0.15) is 0 Å². The minimum atomic E-state index is -4.04. The minimum Gasteiger partial charge on any atom is -0.351 e. The highest BCUT2D eigenvalue weighted by atomic mass is 32.2. The summed E-state index contributed by atoms with van der Waals surface area (Å²) >= 11 is 0. The van der Waals surface area contributed by atoms with Gasteiger partial charge in [0.25, 0.3) is 20.0 Å². The lowest BCUT2D eigenvalue weighted by molar-refractivity contribution is 0.0376. The second kappa shape index (κ2) is 9.69. The van der Waals surface area contributed by atoms with Crippen LogP contribution in [-0.2, 0) is 37.6 Å². The molecule has 7 nitrogen and oxygen atoms in total. The number of rotatable bonds is 4. The summed E-state index contributed by atoms with van der Waals surface area (Å²) < 4.78 is 67.2. The molecule has 0 bridgehead atoms. The van der Waals surface area contributed by atoms with Gasteiger partial charge in [0, 0.05) is 12.3 Å². The van der Waals surface area contributed by atoms with Crippen molar-refractivity contribution in [1.29, 1.82) is 0 Å². The number of aryl methyl sites for hydroxylation is 3. The molecule has 0 unspecified atom stereocenters. The Hall–Kier alpha value is -3.66. The molecule has 3 heterocycles. The Bertz CT molecular complexity index is 1910. The zero-order chi connectivity index (χ0) is 29.4. The van der Waals surface area contributed by atoms with Crippen molar-refractivity contribution < 1.29 is 21.6 Å². The Morgan fingerprint density at radius 1 is 0.619 bits per heavy atom. The van der Waals surface area contributed by atoms with E-state index in [0.717, 1.165) is 27.8 Å². The highest BCUT2D eigenvalue weighted by Crippen LogP contribution is 2.50. The van der Waals surface area contributed by atoms with E-state index in [1.807, 2.05) is 63.2 Å². The SMILES string of the molecule is Cc1ccc(S(=O)(=O)N2c3ccccc3C[C@@H]3O[C@@H]4[C@@H](Cc5cc(C)ccc5N4S(=O)(=O)c4ccc(C)cc4)[C@@H]32)cc1. The Kier molecular flexibility index (Phi) is 6.27. The van der Waals surface area contributed by atoms with E-state index in [2.05, 4.69) is 0 Å². The minimum absolute atomic E-state index is 0.172. The van der Waals surface area contributed by atoms with Gasteiger partial charge in [0.2, 0.25) is 0 Å². The molecular formula is C33H32N2O5S2. The van der Waals surface area contributed by atoms with E-state index in [1.165, 1.54) is 8.61 Å². The van der Waals surface area contributed by atoms with Crippen molar-refractivity contribution >= 4 is 31.4 Å². The van der Waals surface area contributed by atoms with Gasteiger partial charge >= 0.3 is 0 Å². The number of ether oxygens (including phenoxy) is 1. The summed E-state index contributed by atoms with van der Waals surface area (Å²) in [5, 5.41) is 0. The van der Waals surface area contributed by atoms with Gasteiger partial charge in [-0.15, -0.1) is 0 Å². The molecule has 0 N–H and O–H groups in total. The first-order valence-corrected chi connectivity index (χ1v) is 17.0. The fraction of sp³-hybridized carbons (Fsp3) is 0.273. The molecule has 3 aliphatic rings. The van der Waals surface area contributed by atoms with Gasteiger partial charge in [-0.3, -0.25) is 4.31 Å². The summed E-state index contributed by atoms with van der Waals surface area (Å²) in [5.41, 5.74) is 5.84. The van der Waals surface area contributed by atoms with Crippen LogP contribution in [0.3, 0.4) is 0 Å². The molecule has 7 rings (SSSR count). The summed E-state index contributed by atoms with van der Waals surface area (Å²) in [6, 6.07) is 26.3. The van der Waals surface area contributed by atoms with Crippen LogP contribution in [0.1, 0.15) is 27.8 Å². The van der Waals surface area contributed by atoms with Gasteiger partial charge in [0.15, 0.2) is 6.23 Å². The van der Waals surface area contributed by atoms with Crippen LogP contribution in [0.15, 0.2) is 101 Å². The van der Waals surface area contributed by atoms with Crippen LogP contribution >= 0.6 is 0 Å². The predicted octanol–water partition coefficient (Wildman–Crippen LogP) is 5.52. The largest absolute Gasteiger partial charge is 0.351 e. The molecule has 0 amide bonds. The Labute approximate surface area is 247 Å². The third kappa shape index (κ3) is 4.17. The van der Waals surface area contributed by atoms with E-state index < -0.39 is 44.3 Å². The van der Waals surface area contributed by atoms with E-state index in [4.69, 9.17) is 4.74 Å². The number of para-hydroxylation sites is 1. The zero-order valence-electron chi connectivity index (χ0n) is 23.6. The van der Waals surface area contributed by atoms with E-state index in [0.29, 0.717) is 24.2 Å². The van der Waals surface area contributed by atoms with Gasteiger partial charge in [0.1, 0.15) is 0 Å². The fourth-order valence-corrected chi connectivity index (χ4v) is 10.1. The summed E-state index contributed by atoms with van der Waals surface area (Å²) in [7, 11) is -8.05. The number of hydrogen-bond acceptors (Lipinski definition) is 5. The lowest BCUT2D eigenvalue weighted by atomic mass is 9.83. The average Bonchev–Trinajstić information content (AvgIpc) is 3.31. The van der Waals surface area contributed by atoms with Crippen molar-refractivity contribution in [3.8, 4) is 0 Å². The number of benzene rings is 4. The highest BCUT2D eigenvalue weighted by Gasteiger charge is 2.58. The summed E-state index contributed by atoms with van der Waals surface area (Å²) in [6.07, 6.45) is -0.417. The van der Waals surface area contributed by atoms with Gasteiger partial charge in [0.05, 0.1) is 33.3 Å². The Balaban J connectivity index is 1.41. The molecule has 3 aliphatic heterocycles. The van der Waals surface area contributed by atoms with Crippen molar-refractivity contribution in [2.75, 3.05) is 8.61 Å². The Morgan fingerprint density at radius 2 is 1.17 bits per heavy atom. The molecule has 4 aromatic carbocycles. The standard InChI is InChI=1S/C33H32N2O5S2/c1-21-8-13-26(14-9-21)41(36,37)34-29-7-5-4-6-24(29)20-31-32(34)28-19-25-18-23(3)12-17-30(25)35(33(28)40-31)42(38,39)27-15-10-22(2)11-16-27/h4-18,28,31-33H,19-20H2,1-3H3/t28-,31-,32-,33+/m0/s1. The molecule has 216 valence electrons. The predicted molar refractivity (Wildman–Crippen MR) is 163 cm³/mol. The van der Waals surface area contributed by atoms with E-state index in [1.54, 1.807) is 48.5 Å². The quantitative estimate of drug-likeness (QED) is 0.308. The monoisotopic (exact) mass is 600 g/mol. The first-order valence-electron chi connectivity index (χ1n) is 14.1. The molecule has 0 aliphatic carbocycles. The van der Waals surface area contributed by atoms with Crippen LogP contribution in [0.4, 0.5) is 11.4 Å². The van der Waals surface area contributed by atoms with Crippen molar-refractivity contribution in [3.63, 3.8) is 0 Å². The normalized spacial score (nSPS) is 23.1. The van der Waals surface area contributed by atoms with Crippen LogP contribution < -0.4 is 8.61 Å². The second-order valence-corrected chi connectivity index (χ2v) is 15.2. The van der Waals surface area contributed by atoms with Crippen LogP contribution in [0.5, 0.6) is 0 Å². The van der Waals surface area contributed by atoms with Crippen molar-refractivity contribution in [2.24, 2.45) is 5.92 Å². The number of anilines is 2. The van der Waals surface area contributed by atoms with Crippen LogP contribution in [-0.4, -0.2) is 35.2 Å². The zero-order valence-corrected chi connectivity index (χ0v) is 25.3. The second-order valence-electron chi connectivity index (χ2n) is 11.6. The third-order valence-corrected chi connectivity index (χ3v) is 12.4. The van der Waals surface area contributed by atoms with Crippen LogP contribution in [0.2, 0.25) is 0 Å². The van der Waals surface area contributed by atoms with Crippen LogP contribution in [0, 0.1) is 26.7 Å². The van der Waals surface area contributed by atoms with E-state index in [9.17, 15) is 16.8 Å². The number of hydrogen-bond donors (Lipinski definition) is 0. The lowest BCUT2D eigenvalue weighted by Gasteiger charge is -2.43. The molecule has 0 aromatic heterocycles. The molecule has 4 atom stereocenters. The highest BCUT2D eigenvalue weighted by molar-refractivity contribution is 7.93. The van der Waals surface area contributed by atoms with E-state index in [-0.39, 0.29) is 9.79 Å². The molecule has 1 saturated heterocycles. The first kappa shape index (κ1) is 27.2. The third-order valence-electron chi connectivity index (χ3n) is 8.74. The van der Waals surface area contributed by atoms with Crippen LogP contribution in [0.25, 0.3) is 0 Å². The first-order chi connectivity index (χ1) is 20.1. The molecule has 0 spiro atoms. The maximum atomic E-state index is 14.4. The topological polar surface area (TPSA) is 84.0 Å². The van der Waals surface area contributed by atoms with E-state index >= 15 is 0 Å². The van der Waals surface area contributed by atoms with Crippen molar-refractivity contribution in [3.05, 3.63) is 119 Å². The van der Waals surface area contributed by atoms with Gasteiger partial charge < -0.3 is 4.74 Å². The molecule has 0 radical (unpaired) electrons. The van der Waals surface area contributed by atoms with Crippen molar-refractivity contribution in [2.45, 2.75) is 61.8 Å². The maximum absolute atomic E-state index is 14.4. The van der Waals surface area contributed by atoms with Crippen molar-refractivity contribution in [1.82, 2.24) is 0 Å². The number of fused-ring (bicyclic) bond motifs is 5. The maximum Gasteiger partial charge on any atom is 0.266 e. The van der Waals surface area contributed by atoms with Gasteiger partial charge in [-0.25, -0.2) is 21.1 Å². The Morgan fingerprint density at radius 3 is 1.81 bits per heavy atom. The lowest BCUT2D eigenvalue weighted by Crippen LogP contribution is -2.55. The molecule has 42 heavy (non-hydrogen) atoms. The summed E-state index contributed by atoms with van der Waals surface area (Å²) in [4.78, 5) is 0.370. The molecule has 4 aromatic rings. The number of nitrogens with zero attached hydrogens (tertiary/aromatic N) is 2. The summed E-state index contributed by atoms with van der Waals surface area (Å²) in [6.45, 7) is 5.81. The molecular weight excluding hydrogens is 569 g/mol. The molecule has 0 saturated carbocycles. The average molecular weight is 601 g/mol. The fourth-order valence-electron chi connectivity index (χ4n) is 6.71. The molecule has 1 fully saturated rings. The molecule has 9 heteroatoms. The smallest absolute Gasteiger partial charge is 0.266 e.